The number of nitrogens with zero attached hydrogens (tertiary/aromatic N) is 3. The van der Waals surface area contributed by atoms with Gasteiger partial charge in [-0.25, -0.2) is 9.97 Å². The molecule has 6 heteroatoms. The van der Waals surface area contributed by atoms with Gasteiger partial charge in [0.25, 0.3) is 0 Å². The van der Waals surface area contributed by atoms with E-state index in [2.05, 4.69) is 25.8 Å². The quantitative estimate of drug-likeness (QED) is 0.657. The molecule has 0 aromatic carbocycles. The third-order valence-corrected chi connectivity index (χ3v) is 3.54. The van der Waals surface area contributed by atoms with Crippen LogP contribution in [0.15, 0.2) is 12.5 Å². The van der Waals surface area contributed by atoms with Crippen molar-refractivity contribution in [1.82, 2.24) is 19.9 Å². The molecule has 19 heavy (non-hydrogen) atoms. The van der Waals surface area contributed by atoms with E-state index < -0.39 is 6.10 Å². The van der Waals surface area contributed by atoms with Crippen LogP contribution in [0.25, 0.3) is 11.0 Å². The molecule has 2 atom stereocenters. The minimum atomic E-state index is -0.449. The van der Waals surface area contributed by atoms with Crippen molar-refractivity contribution in [2.45, 2.75) is 12.6 Å². The number of aromatic amines is 1. The first-order chi connectivity index (χ1) is 9.19. The first kappa shape index (κ1) is 12.0. The second-order valence-corrected chi connectivity index (χ2v) is 4.83. The zero-order valence-corrected chi connectivity index (χ0v) is 10.4. The number of rotatable bonds is 2. The predicted molar refractivity (Wildman–Crippen MR) is 71.9 cm³/mol. The lowest BCUT2D eigenvalue weighted by atomic mass is 10.1. The van der Waals surface area contributed by atoms with Gasteiger partial charge in [0.2, 0.25) is 0 Å². The lowest BCUT2D eigenvalue weighted by Crippen LogP contribution is -2.21. The maximum absolute atomic E-state index is 9.81. The molecule has 2 aromatic rings. The van der Waals surface area contributed by atoms with Crippen LogP contribution >= 0.6 is 0 Å². The van der Waals surface area contributed by atoms with Crippen molar-refractivity contribution in [1.29, 1.82) is 0 Å². The summed E-state index contributed by atoms with van der Waals surface area (Å²) in [7, 11) is 0. The summed E-state index contributed by atoms with van der Waals surface area (Å²) in [6, 6.07) is 0. The topological polar surface area (TPSA) is 91.1 Å². The molecule has 2 aromatic heterocycles. The molecule has 98 valence electrons. The average Bonchev–Trinajstić information content (AvgIpc) is 2.95. The number of H-pyrrole nitrogens is 1. The molecular weight excluding hydrogens is 242 g/mol. The number of hydrogen-bond donors (Lipinski definition) is 3. The van der Waals surface area contributed by atoms with Crippen LogP contribution in [-0.2, 0) is 6.54 Å². The van der Waals surface area contributed by atoms with Gasteiger partial charge in [-0.05, 0) is 0 Å². The molecule has 0 radical (unpaired) electrons. The number of nitrogens with one attached hydrogen (secondary N) is 1. The largest absolute Gasteiger partial charge is 0.390 e. The highest BCUT2D eigenvalue weighted by Gasteiger charge is 2.30. The Hall–Kier alpha value is -2.10. The Kier molecular flexibility index (Phi) is 2.85. The number of terminal acetylenes is 1. The summed E-state index contributed by atoms with van der Waals surface area (Å²) in [6.07, 6.45) is 8.28. The fourth-order valence-corrected chi connectivity index (χ4v) is 2.53. The molecule has 1 aliphatic rings. The van der Waals surface area contributed by atoms with Gasteiger partial charge in [0.05, 0.1) is 17.5 Å². The fourth-order valence-electron chi connectivity index (χ4n) is 2.53. The number of nitrogen functional groups attached to an aromatic ring is 1. The average molecular weight is 257 g/mol. The number of aromatic nitrogens is 3. The van der Waals surface area contributed by atoms with Crippen LogP contribution in [0.2, 0.25) is 0 Å². The molecule has 1 saturated heterocycles. The molecule has 1 fully saturated rings. The van der Waals surface area contributed by atoms with E-state index in [-0.39, 0.29) is 5.92 Å². The Balaban J connectivity index is 1.84. The number of hydrogen-bond acceptors (Lipinski definition) is 5. The highest BCUT2D eigenvalue weighted by Crippen LogP contribution is 2.23. The van der Waals surface area contributed by atoms with Crippen LogP contribution in [0.5, 0.6) is 0 Å². The minimum absolute atomic E-state index is 0.0927. The summed E-state index contributed by atoms with van der Waals surface area (Å²) in [5, 5.41) is 9.81. The normalized spacial score (nSPS) is 23.8. The summed E-state index contributed by atoms with van der Waals surface area (Å²) in [5.41, 5.74) is 8.40. The van der Waals surface area contributed by atoms with Crippen molar-refractivity contribution in [2.75, 3.05) is 18.8 Å². The number of aliphatic hydroxyl groups excluding tert-OH is 1. The predicted octanol–water partition coefficient (Wildman–Crippen LogP) is -0.0340. The van der Waals surface area contributed by atoms with Gasteiger partial charge in [0.1, 0.15) is 11.8 Å². The Morgan fingerprint density at radius 2 is 2.37 bits per heavy atom. The molecule has 6 nitrogen and oxygen atoms in total. The Morgan fingerprint density at radius 3 is 3.11 bits per heavy atom. The van der Waals surface area contributed by atoms with Crippen LogP contribution in [-0.4, -0.2) is 44.2 Å². The molecular formula is C13H15N5O. The van der Waals surface area contributed by atoms with Crippen LogP contribution in [0.3, 0.4) is 0 Å². The van der Waals surface area contributed by atoms with Gasteiger partial charge in [-0.3, -0.25) is 4.90 Å². The van der Waals surface area contributed by atoms with Crippen molar-refractivity contribution in [3.8, 4) is 12.3 Å². The van der Waals surface area contributed by atoms with Gasteiger partial charge >= 0.3 is 0 Å². The monoisotopic (exact) mass is 257 g/mol. The molecule has 0 bridgehead atoms. The number of nitrogens with two attached hydrogens (primary N) is 1. The third-order valence-electron chi connectivity index (χ3n) is 3.54. The number of anilines is 1. The van der Waals surface area contributed by atoms with Crippen molar-refractivity contribution in [2.24, 2.45) is 5.92 Å². The van der Waals surface area contributed by atoms with Gasteiger partial charge in [-0.1, -0.05) is 5.92 Å². The molecule has 4 N–H and O–H groups in total. The van der Waals surface area contributed by atoms with Crippen LogP contribution in [0.4, 0.5) is 5.82 Å². The lowest BCUT2D eigenvalue weighted by Gasteiger charge is -2.13. The third kappa shape index (κ3) is 2.03. The Morgan fingerprint density at radius 1 is 1.53 bits per heavy atom. The number of β-amino-alcohol motifs (C(OH)–C–C–N with tert-alkyl or cyclic N) is 1. The van der Waals surface area contributed by atoms with Gasteiger partial charge in [0, 0.05) is 31.4 Å². The molecule has 0 aliphatic carbocycles. The van der Waals surface area contributed by atoms with Crippen molar-refractivity contribution < 1.29 is 5.11 Å². The van der Waals surface area contributed by atoms with E-state index in [1.807, 2.05) is 6.20 Å². The fraction of sp³-hybridized carbons (Fsp3) is 0.385. The zero-order valence-electron chi connectivity index (χ0n) is 10.4. The SMILES string of the molecule is C#C[C@H]1CN(Cc2c[nH]c3c(N)ncnc23)C[C@@H]1O. The first-order valence-electron chi connectivity index (χ1n) is 6.12. The first-order valence-corrected chi connectivity index (χ1v) is 6.12. The van der Waals surface area contributed by atoms with Gasteiger partial charge < -0.3 is 15.8 Å². The maximum atomic E-state index is 9.81. The molecule has 1 aliphatic heterocycles. The lowest BCUT2D eigenvalue weighted by molar-refractivity contribution is 0.158. The molecule has 3 rings (SSSR count). The van der Waals surface area contributed by atoms with Crippen molar-refractivity contribution in [3.05, 3.63) is 18.1 Å². The van der Waals surface area contributed by atoms with Crippen molar-refractivity contribution >= 4 is 16.9 Å². The summed E-state index contributed by atoms with van der Waals surface area (Å²) in [4.78, 5) is 13.4. The Bertz CT molecular complexity index is 644. The molecule has 0 amide bonds. The molecule has 0 spiro atoms. The van der Waals surface area contributed by atoms with Gasteiger partial charge in [-0.2, -0.15) is 0 Å². The summed E-state index contributed by atoms with van der Waals surface area (Å²) in [6.45, 7) is 1.97. The van der Waals surface area contributed by atoms with Gasteiger partial charge in [0.15, 0.2) is 5.82 Å². The van der Waals surface area contributed by atoms with Gasteiger partial charge in [-0.15, -0.1) is 6.42 Å². The van der Waals surface area contributed by atoms with E-state index in [9.17, 15) is 5.11 Å². The van der Waals surface area contributed by atoms with E-state index in [1.54, 1.807) is 0 Å². The molecule has 3 heterocycles. The number of aliphatic hydroxyl groups is 1. The summed E-state index contributed by atoms with van der Waals surface area (Å²) < 4.78 is 0. The molecule has 0 unspecified atom stereocenters. The van der Waals surface area contributed by atoms with E-state index in [4.69, 9.17) is 12.2 Å². The van der Waals surface area contributed by atoms with E-state index in [0.717, 1.165) is 16.6 Å². The van der Waals surface area contributed by atoms with E-state index in [1.165, 1.54) is 6.33 Å². The zero-order chi connectivity index (χ0) is 13.4. The smallest absolute Gasteiger partial charge is 0.151 e. The van der Waals surface area contributed by atoms with E-state index in [0.29, 0.717) is 25.5 Å². The second-order valence-electron chi connectivity index (χ2n) is 4.83. The standard InChI is InChI=1S/C13H15N5O/c1-2-8-4-18(6-10(8)19)5-9-3-15-12-11(9)16-7-17-13(12)14/h1,3,7-8,10,15,19H,4-6H2,(H2,14,16,17)/t8-,10-/m0/s1. The number of likely N-dealkylation sites (tertiary alicyclic amines) is 1. The summed E-state index contributed by atoms with van der Waals surface area (Å²) in [5.74, 6) is 2.98. The maximum Gasteiger partial charge on any atom is 0.151 e. The molecule has 0 saturated carbocycles. The minimum Gasteiger partial charge on any atom is -0.390 e. The Labute approximate surface area is 110 Å². The van der Waals surface area contributed by atoms with Crippen LogP contribution < -0.4 is 5.73 Å². The van der Waals surface area contributed by atoms with E-state index >= 15 is 0 Å². The highest BCUT2D eigenvalue weighted by molar-refractivity contribution is 5.86. The second kappa shape index (κ2) is 4.53. The number of fused-ring (bicyclic) bond motifs is 1. The van der Waals surface area contributed by atoms with Crippen LogP contribution in [0.1, 0.15) is 5.56 Å². The highest BCUT2D eigenvalue weighted by atomic mass is 16.3. The van der Waals surface area contributed by atoms with Crippen molar-refractivity contribution in [3.63, 3.8) is 0 Å². The summed E-state index contributed by atoms with van der Waals surface area (Å²) >= 11 is 0. The van der Waals surface area contributed by atoms with Crippen LogP contribution in [0, 0.1) is 18.3 Å².